The molecule has 4 aliphatic carbocycles. The molecule has 4 aliphatic rings. The molecule has 25 heavy (non-hydrogen) atoms. The maximum absolute atomic E-state index is 12.9. The van der Waals surface area contributed by atoms with Crippen molar-refractivity contribution in [3.8, 4) is 0 Å². The largest absolute Gasteiger partial charge is 0.389 e. The number of halogens is 3. The van der Waals surface area contributed by atoms with Crippen molar-refractivity contribution in [2.45, 2.75) is 55.0 Å². The van der Waals surface area contributed by atoms with Gasteiger partial charge in [0.05, 0.1) is 11.6 Å². The molecule has 4 bridgehead atoms. The first kappa shape index (κ1) is 17.2. The van der Waals surface area contributed by atoms with Crippen LogP contribution in [0.25, 0.3) is 0 Å². The summed E-state index contributed by atoms with van der Waals surface area (Å²) in [6, 6.07) is 8.50. The lowest BCUT2D eigenvalue weighted by atomic mass is 9.47. The van der Waals surface area contributed by atoms with Crippen LogP contribution >= 0.6 is 11.6 Å². The number of carbonyl (C=O) groups is 1. The van der Waals surface area contributed by atoms with Crippen molar-refractivity contribution in [1.29, 1.82) is 0 Å². The van der Waals surface area contributed by atoms with Gasteiger partial charge in [0.15, 0.2) is 0 Å². The topological polar surface area (TPSA) is 49.3 Å². The molecule has 0 radical (unpaired) electrons. The number of nitrogens with one attached hydrogen (secondary N) is 1. The average molecular weight is 370 g/mol. The van der Waals surface area contributed by atoms with Gasteiger partial charge in [0.1, 0.15) is 0 Å². The van der Waals surface area contributed by atoms with E-state index in [4.69, 9.17) is 11.6 Å². The van der Waals surface area contributed by atoms with Crippen LogP contribution in [0.3, 0.4) is 0 Å². The van der Waals surface area contributed by atoms with Gasteiger partial charge in [-0.1, -0.05) is 30.3 Å². The van der Waals surface area contributed by atoms with E-state index in [-0.39, 0.29) is 16.7 Å². The Morgan fingerprint density at radius 2 is 1.96 bits per heavy atom. The lowest BCUT2D eigenvalue weighted by Gasteiger charge is -2.63. The van der Waals surface area contributed by atoms with Gasteiger partial charge in [-0.3, -0.25) is 4.79 Å². The highest BCUT2D eigenvalue weighted by atomic mass is 35.5. The molecule has 1 amide bonds. The van der Waals surface area contributed by atoms with Crippen molar-refractivity contribution >= 4 is 17.5 Å². The molecule has 1 aromatic rings. The fourth-order valence-corrected chi connectivity index (χ4v) is 6.54. The van der Waals surface area contributed by atoms with Crippen molar-refractivity contribution < 1.29 is 18.7 Å². The second kappa shape index (κ2) is 5.92. The third kappa shape index (κ3) is 2.95. The van der Waals surface area contributed by atoms with Crippen molar-refractivity contribution in [1.82, 2.24) is 5.32 Å². The number of rotatable bonds is 4. The molecule has 0 aromatic heterocycles. The molecule has 2 N–H and O–H groups in total. The monoisotopic (exact) mass is 369 g/mol. The second-order valence-corrected chi connectivity index (χ2v) is 8.93. The molecule has 0 heterocycles. The van der Waals surface area contributed by atoms with Crippen LogP contribution < -0.4 is 5.32 Å². The highest BCUT2D eigenvalue weighted by Crippen LogP contribution is 2.64. The van der Waals surface area contributed by atoms with Crippen molar-refractivity contribution in [2.24, 2.45) is 17.8 Å². The lowest BCUT2D eigenvalue weighted by Crippen LogP contribution is -2.64. The minimum atomic E-state index is -3.07. The highest BCUT2D eigenvalue weighted by molar-refractivity contribution is 6.24. The van der Waals surface area contributed by atoms with E-state index in [0.717, 1.165) is 24.8 Å². The van der Waals surface area contributed by atoms with Gasteiger partial charge in [-0.15, -0.1) is 11.6 Å². The Bertz CT molecular complexity index is 673. The van der Waals surface area contributed by atoms with Crippen LogP contribution in [0, 0.1) is 17.8 Å². The van der Waals surface area contributed by atoms with Crippen LogP contribution in [-0.4, -0.2) is 27.9 Å². The molecule has 0 aliphatic heterocycles. The molecule has 5 rings (SSSR count). The number of aliphatic hydroxyl groups is 1. The van der Waals surface area contributed by atoms with E-state index in [9.17, 15) is 18.7 Å². The highest BCUT2D eigenvalue weighted by Gasteiger charge is 2.63. The summed E-state index contributed by atoms with van der Waals surface area (Å²) in [5.41, 5.74) is -0.257. The smallest absolute Gasteiger partial charge is 0.315 e. The fourth-order valence-electron chi connectivity index (χ4n) is 5.89. The second-order valence-electron chi connectivity index (χ2n) is 8.13. The van der Waals surface area contributed by atoms with Gasteiger partial charge in [-0.05, 0) is 49.5 Å². The Kier molecular flexibility index (Phi) is 4.08. The molecule has 6 atom stereocenters. The van der Waals surface area contributed by atoms with Gasteiger partial charge in [0.2, 0.25) is 0 Å². The number of alkyl halides is 3. The summed E-state index contributed by atoms with van der Waals surface area (Å²) >= 11 is 6.73. The van der Waals surface area contributed by atoms with E-state index in [0.29, 0.717) is 18.8 Å². The molecule has 3 nitrogen and oxygen atoms in total. The summed E-state index contributed by atoms with van der Waals surface area (Å²) < 4.78 is 25.8. The summed E-state index contributed by atoms with van der Waals surface area (Å²) in [5.74, 6) is -1.06. The van der Waals surface area contributed by atoms with Crippen molar-refractivity contribution in [2.75, 3.05) is 0 Å². The van der Waals surface area contributed by atoms with E-state index < -0.39 is 24.0 Å². The third-order valence-electron chi connectivity index (χ3n) is 6.33. The van der Waals surface area contributed by atoms with Crippen LogP contribution in [0.15, 0.2) is 30.3 Å². The quantitative estimate of drug-likeness (QED) is 0.796. The number of benzene rings is 1. The van der Waals surface area contributed by atoms with Crippen LogP contribution in [0.2, 0.25) is 0 Å². The lowest BCUT2D eigenvalue weighted by molar-refractivity contribution is -0.176. The molecule has 1 aromatic carbocycles. The van der Waals surface area contributed by atoms with E-state index in [1.807, 2.05) is 30.3 Å². The molecule has 4 fully saturated rings. The molecule has 136 valence electrons. The van der Waals surface area contributed by atoms with E-state index in [2.05, 4.69) is 5.32 Å². The van der Waals surface area contributed by atoms with Gasteiger partial charge < -0.3 is 10.4 Å². The predicted molar refractivity (Wildman–Crippen MR) is 90.4 cm³/mol. The van der Waals surface area contributed by atoms with Gasteiger partial charge in [-0.2, -0.15) is 8.78 Å². The van der Waals surface area contributed by atoms with Crippen LogP contribution in [0.4, 0.5) is 8.78 Å². The Balaban J connectivity index is 1.71. The van der Waals surface area contributed by atoms with Crippen molar-refractivity contribution in [3.05, 3.63) is 35.9 Å². The fraction of sp³-hybridized carbons (Fsp3) is 0.632. The number of hydrogen-bond acceptors (Lipinski definition) is 2. The Hall–Kier alpha value is -1.20. The maximum Gasteiger partial charge on any atom is 0.315 e. The molecule has 0 saturated heterocycles. The van der Waals surface area contributed by atoms with Crippen LogP contribution in [-0.2, 0) is 4.79 Å². The maximum atomic E-state index is 12.9. The first-order chi connectivity index (χ1) is 11.8. The zero-order chi connectivity index (χ0) is 17.8. The first-order valence-electron chi connectivity index (χ1n) is 8.84. The summed E-state index contributed by atoms with van der Waals surface area (Å²) in [4.78, 5) is 11.4. The molecule has 6 heteroatoms. The van der Waals surface area contributed by atoms with E-state index in [1.54, 1.807) is 0 Å². The zero-order valence-corrected chi connectivity index (χ0v) is 14.6. The SMILES string of the molecule is O=C(N[C@@H](c1ccccc1)[C@H]1[C@H]2C[C@@H]3C[C@](Cl)(C2)C[C@@]1(O)C3)C(F)F. The Labute approximate surface area is 150 Å². The minimum absolute atomic E-state index is 0.131. The summed E-state index contributed by atoms with van der Waals surface area (Å²) in [7, 11) is 0. The van der Waals surface area contributed by atoms with Crippen LogP contribution in [0.1, 0.15) is 43.7 Å². The van der Waals surface area contributed by atoms with Gasteiger partial charge in [0.25, 0.3) is 5.91 Å². The van der Waals surface area contributed by atoms with E-state index >= 15 is 0 Å². The standard InChI is InChI=1S/C19H22ClF2NO2/c20-18-7-11-6-13(9-18)14(19(25,8-11)10-18)15(23-17(24)16(21)22)12-4-2-1-3-5-12/h1-5,11,13-16,25H,6-10H2,(H,23,24)/t11-,13+,14-,15+,18+,19+/m1/s1. The van der Waals surface area contributed by atoms with E-state index in [1.165, 1.54) is 0 Å². The number of amides is 1. The molecule has 0 unspecified atom stereocenters. The summed E-state index contributed by atoms with van der Waals surface area (Å²) in [6.07, 6.45) is 0.654. The first-order valence-corrected chi connectivity index (χ1v) is 9.22. The molecule has 4 saturated carbocycles. The molecular weight excluding hydrogens is 348 g/mol. The van der Waals surface area contributed by atoms with Gasteiger partial charge in [-0.25, -0.2) is 0 Å². The normalized spacial score (nSPS) is 40.3. The van der Waals surface area contributed by atoms with Gasteiger partial charge >= 0.3 is 6.43 Å². The minimum Gasteiger partial charge on any atom is -0.389 e. The number of carbonyl (C=O) groups excluding carboxylic acids is 1. The Morgan fingerprint density at radius 3 is 2.56 bits per heavy atom. The third-order valence-corrected chi connectivity index (χ3v) is 6.77. The number of hydrogen-bond donors (Lipinski definition) is 2. The molecule has 0 spiro atoms. The molecular formula is C19H22ClF2NO2. The van der Waals surface area contributed by atoms with Crippen molar-refractivity contribution in [3.63, 3.8) is 0 Å². The van der Waals surface area contributed by atoms with Gasteiger partial charge in [0, 0.05) is 10.8 Å². The van der Waals surface area contributed by atoms with Crippen LogP contribution in [0.5, 0.6) is 0 Å². The Morgan fingerprint density at radius 1 is 1.24 bits per heavy atom. The zero-order valence-electron chi connectivity index (χ0n) is 13.8. The predicted octanol–water partition coefficient (Wildman–Crippen LogP) is 3.66. The summed E-state index contributed by atoms with van der Waals surface area (Å²) in [5, 5.41) is 13.9. The summed E-state index contributed by atoms with van der Waals surface area (Å²) in [6.45, 7) is 0. The average Bonchev–Trinajstić information content (AvgIpc) is 2.51.